The lowest BCUT2D eigenvalue weighted by Gasteiger charge is -2.13. The van der Waals surface area contributed by atoms with Gasteiger partial charge in [-0.15, -0.1) is 0 Å². The molecule has 0 aromatic carbocycles. The Morgan fingerprint density at radius 2 is 2.50 bits per heavy atom. The fourth-order valence-electron chi connectivity index (χ4n) is 1.67. The standard InChI is InChI=1S/C10H14N2O2/c1-13-9-5-7(11)6-12-10(9)8-3-2-4-14-8/h5-6,8H,2-4,11H2,1H3. The van der Waals surface area contributed by atoms with E-state index < -0.39 is 0 Å². The number of hydrogen-bond acceptors (Lipinski definition) is 4. The van der Waals surface area contributed by atoms with Crippen LogP contribution >= 0.6 is 0 Å². The molecule has 1 aromatic rings. The van der Waals surface area contributed by atoms with Crippen molar-refractivity contribution in [1.29, 1.82) is 0 Å². The summed E-state index contributed by atoms with van der Waals surface area (Å²) in [6, 6.07) is 1.78. The third-order valence-electron chi connectivity index (χ3n) is 2.36. The van der Waals surface area contributed by atoms with E-state index in [9.17, 15) is 0 Å². The quantitative estimate of drug-likeness (QED) is 0.775. The van der Waals surface area contributed by atoms with Crippen LogP contribution in [0.1, 0.15) is 24.6 Å². The molecule has 2 rings (SSSR count). The third kappa shape index (κ3) is 1.65. The van der Waals surface area contributed by atoms with Crippen molar-refractivity contribution in [1.82, 2.24) is 4.98 Å². The number of methoxy groups -OCH3 is 1. The lowest BCUT2D eigenvalue weighted by Crippen LogP contribution is -2.03. The molecule has 0 bridgehead atoms. The zero-order chi connectivity index (χ0) is 9.97. The SMILES string of the molecule is COc1cc(N)cnc1C1CCCO1. The van der Waals surface area contributed by atoms with Crippen molar-refractivity contribution in [3.05, 3.63) is 18.0 Å². The molecule has 1 saturated heterocycles. The maximum Gasteiger partial charge on any atom is 0.145 e. The number of pyridine rings is 1. The molecule has 14 heavy (non-hydrogen) atoms. The van der Waals surface area contributed by atoms with E-state index in [4.69, 9.17) is 15.2 Å². The van der Waals surface area contributed by atoms with E-state index in [0.29, 0.717) is 5.69 Å². The van der Waals surface area contributed by atoms with E-state index in [2.05, 4.69) is 4.98 Å². The molecule has 1 atom stereocenters. The Morgan fingerprint density at radius 1 is 1.64 bits per heavy atom. The highest BCUT2D eigenvalue weighted by Crippen LogP contribution is 2.33. The summed E-state index contributed by atoms with van der Waals surface area (Å²) < 4.78 is 10.8. The lowest BCUT2D eigenvalue weighted by molar-refractivity contribution is 0.106. The molecule has 1 aliphatic rings. The van der Waals surface area contributed by atoms with Crippen molar-refractivity contribution < 1.29 is 9.47 Å². The van der Waals surface area contributed by atoms with Crippen LogP contribution in [0.2, 0.25) is 0 Å². The van der Waals surface area contributed by atoms with Crippen LogP contribution in [0.25, 0.3) is 0 Å². The zero-order valence-electron chi connectivity index (χ0n) is 8.19. The Hall–Kier alpha value is -1.29. The Morgan fingerprint density at radius 3 is 3.14 bits per heavy atom. The van der Waals surface area contributed by atoms with E-state index in [-0.39, 0.29) is 6.10 Å². The summed E-state index contributed by atoms with van der Waals surface area (Å²) in [4.78, 5) is 4.26. The first-order valence-electron chi connectivity index (χ1n) is 4.72. The highest BCUT2D eigenvalue weighted by Gasteiger charge is 2.22. The Labute approximate surface area is 83.0 Å². The molecule has 0 saturated carbocycles. The maximum atomic E-state index is 5.62. The Kier molecular flexibility index (Phi) is 2.54. The van der Waals surface area contributed by atoms with E-state index >= 15 is 0 Å². The predicted octanol–water partition coefficient (Wildman–Crippen LogP) is 1.52. The lowest BCUT2D eigenvalue weighted by atomic mass is 10.1. The molecule has 4 heteroatoms. The summed E-state index contributed by atoms with van der Waals surface area (Å²) in [6.07, 6.45) is 3.80. The minimum Gasteiger partial charge on any atom is -0.495 e. The van der Waals surface area contributed by atoms with Gasteiger partial charge in [-0.25, -0.2) is 0 Å². The average Bonchev–Trinajstić information content (AvgIpc) is 2.70. The van der Waals surface area contributed by atoms with Gasteiger partial charge in [-0.1, -0.05) is 0 Å². The van der Waals surface area contributed by atoms with Crippen molar-refractivity contribution in [3.8, 4) is 5.75 Å². The van der Waals surface area contributed by atoms with Gasteiger partial charge in [-0.2, -0.15) is 0 Å². The van der Waals surface area contributed by atoms with Crippen LogP contribution in [0.15, 0.2) is 12.3 Å². The molecule has 0 radical (unpaired) electrons. The van der Waals surface area contributed by atoms with E-state index in [1.54, 1.807) is 19.4 Å². The smallest absolute Gasteiger partial charge is 0.145 e. The van der Waals surface area contributed by atoms with Crippen LogP contribution in [-0.2, 0) is 4.74 Å². The van der Waals surface area contributed by atoms with Gasteiger partial charge in [-0.05, 0) is 12.8 Å². The van der Waals surface area contributed by atoms with Gasteiger partial charge in [0.1, 0.15) is 17.5 Å². The molecule has 0 spiro atoms. The Balaban J connectivity index is 2.31. The molecule has 1 unspecified atom stereocenters. The van der Waals surface area contributed by atoms with Gasteiger partial charge in [0.15, 0.2) is 0 Å². The normalized spacial score (nSPS) is 21.1. The topological polar surface area (TPSA) is 57.4 Å². The Bertz CT molecular complexity index is 322. The van der Waals surface area contributed by atoms with Crippen LogP contribution in [0.5, 0.6) is 5.75 Å². The number of hydrogen-bond donors (Lipinski definition) is 1. The van der Waals surface area contributed by atoms with Gasteiger partial charge >= 0.3 is 0 Å². The highest BCUT2D eigenvalue weighted by atomic mass is 16.5. The summed E-state index contributed by atoms with van der Waals surface area (Å²) in [7, 11) is 1.62. The molecule has 1 aliphatic heterocycles. The number of nitrogen functional groups attached to an aromatic ring is 1. The number of ether oxygens (including phenoxy) is 2. The number of nitrogens with zero attached hydrogens (tertiary/aromatic N) is 1. The van der Waals surface area contributed by atoms with Crippen molar-refractivity contribution in [2.45, 2.75) is 18.9 Å². The highest BCUT2D eigenvalue weighted by molar-refractivity contribution is 5.44. The van der Waals surface area contributed by atoms with Crippen molar-refractivity contribution >= 4 is 5.69 Å². The van der Waals surface area contributed by atoms with Gasteiger partial charge in [0.05, 0.1) is 19.0 Å². The first kappa shape index (κ1) is 9.27. The largest absolute Gasteiger partial charge is 0.495 e. The number of nitrogens with two attached hydrogens (primary N) is 1. The number of anilines is 1. The monoisotopic (exact) mass is 194 g/mol. The summed E-state index contributed by atoms with van der Waals surface area (Å²) in [6.45, 7) is 0.805. The van der Waals surface area contributed by atoms with Crippen molar-refractivity contribution in [2.75, 3.05) is 19.5 Å². The molecule has 0 amide bonds. The van der Waals surface area contributed by atoms with Crippen LogP contribution in [-0.4, -0.2) is 18.7 Å². The minimum absolute atomic E-state index is 0.0746. The first-order chi connectivity index (χ1) is 6.81. The van der Waals surface area contributed by atoms with Crippen LogP contribution in [0.4, 0.5) is 5.69 Å². The van der Waals surface area contributed by atoms with Gasteiger partial charge in [0, 0.05) is 12.7 Å². The maximum absolute atomic E-state index is 5.62. The molecular weight excluding hydrogens is 180 g/mol. The second-order valence-electron chi connectivity index (χ2n) is 3.36. The van der Waals surface area contributed by atoms with Gasteiger partial charge in [-0.3, -0.25) is 4.98 Å². The molecule has 1 fully saturated rings. The second kappa shape index (κ2) is 3.84. The molecule has 2 N–H and O–H groups in total. The molecule has 1 aromatic heterocycles. The second-order valence-corrected chi connectivity index (χ2v) is 3.36. The van der Waals surface area contributed by atoms with Gasteiger partial charge in [0.2, 0.25) is 0 Å². The van der Waals surface area contributed by atoms with Crippen LogP contribution in [0, 0.1) is 0 Å². The fraction of sp³-hybridized carbons (Fsp3) is 0.500. The zero-order valence-corrected chi connectivity index (χ0v) is 8.19. The number of rotatable bonds is 2. The number of aromatic nitrogens is 1. The molecule has 0 aliphatic carbocycles. The summed E-state index contributed by atoms with van der Waals surface area (Å²) in [5, 5.41) is 0. The van der Waals surface area contributed by atoms with E-state index in [1.165, 1.54) is 0 Å². The van der Waals surface area contributed by atoms with E-state index in [0.717, 1.165) is 30.9 Å². The predicted molar refractivity (Wildman–Crippen MR) is 53.1 cm³/mol. The average molecular weight is 194 g/mol. The summed E-state index contributed by atoms with van der Waals surface area (Å²) in [5.74, 6) is 0.719. The minimum atomic E-state index is 0.0746. The van der Waals surface area contributed by atoms with Crippen LogP contribution < -0.4 is 10.5 Å². The van der Waals surface area contributed by atoms with Crippen LogP contribution in [0.3, 0.4) is 0 Å². The molecule has 4 nitrogen and oxygen atoms in total. The van der Waals surface area contributed by atoms with Crippen molar-refractivity contribution in [2.24, 2.45) is 0 Å². The molecule has 2 heterocycles. The third-order valence-corrected chi connectivity index (χ3v) is 2.36. The summed E-state index contributed by atoms with van der Waals surface area (Å²) in [5.41, 5.74) is 7.09. The van der Waals surface area contributed by atoms with Gasteiger partial charge < -0.3 is 15.2 Å². The molecular formula is C10H14N2O2. The van der Waals surface area contributed by atoms with Gasteiger partial charge in [0.25, 0.3) is 0 Å². The fourth-order valence-corrected chi connectivity index (χ4v) is 1.67. The first-order valence-corrected chi connectivity index (χ1v) is 4.72. The van der Waals surface area contributed by atoms with Crippen molar-refractivity contribution in [3.63, 3.8) is 0 Å². The summed E-state index contributed by atoms with van der Waals surface area (Å²) >= 11 is 0. The molecule has 76 valence electrons. The van der Waals surface area contributed by atoms with E-state index in [1.807, 2.05) is 0 Å².